The van der Waals surface area contributed by atoms with Gasteiger partial charge in [-0.25, -0.2) is 0 Å². The molecule has 2 rings (SSSR count). The van der Waals surface area contributed by atoms with Crippen LogP contribution in [0, 0.1) is 22.0 Å². The maximum absolute atomic E-state index is 10.9. The van der Waals surface area contributed by atoms with E-state index in [0.717, 1.165) is 12.8 Å². The van der Waals surface area contributed by atoms with Crippen LogP contribution in [0.25, 0.3) is 0 Å². The molecule has 1 aliphatic carbocycles. The van der Waals surface area contributed by atoms with Gasteiger partial charge in [-0.3, -0.25) is 10.1 Å². The molecule has 2 unspecified atom stereocenters. The van der Waals surface area contributed by atoms with Gasteiger partial charge in [0.2, 0.25) is 0 Å². The number of hydrogen-bond acceptors (Lipinski definition) is 4. The molecule has 0 amide bonds. The van der Waals surface area contributed by atoms with E-state index in [1.54, 1.807) is 12.1 Å². The lowest BCUT2D eigenvalue weighted by molar-refractivity contribution is -0.384. The summed E-state index contributed by atoms with van der Waals surface area (Å²) < 4.78 is 5.92. The highest BCUT2D eigenvalue weighted by molar-refractivity contribution is 5.62. The molecule has 0 radical (unpaired) electrons. The number of hydrogen-bond donors (Lipinski definition) is 1. The lowest BCUT2D eigenvalue weighted by atomic mass is 9.82. The minimum atomic E-state index is -0.455. The number of para-hydroxylation sites is 1. The summed E-state index contributed by atoms with van der Waals surface area (Å²) in [4.78, 5) is 10.4. The monoisotopic (exact) mass is 278 g/mol. The second-order valence-electron chi connectivity index (χ2n) is 5.96. The van der Waals surface area contributed by atoms with Gasteiger partial charge in [0, 0.05) is 11.6 Å². The molecule has 1 aromatic carbocycles. The quantitative estimate of drug-likeness (QED) is 0.519. The first-order valence-electron chi connectivity index (χ1n) is 7.10. The zero-order chi connectivity index (χ0) is 14.7. The Hall–Kier alpha value is -1.62. The van der Waals surface area contributed by atoms with E-state index in [1.165, 1.54) is 12.5 Å². The summed E-state index contributed by atoms with van der Waals surface area (Å²) in [6.45, 7) is 4.83. The third kappa shape index (κ3) is 3.48. The maximum atomic E-state index is 10.9. The molecule has 0 spiro atoms. The Labute approximate surface area is 119 Å². The number of nitrogen functional groups attached to an aromatic ring is 1. The van der Waals surface area contributed by atoms with Crippen molar-refractivity contribution in [2.24, 2.45) is 11.8 Å². The summed E-state index contributed by atoms with van der Waals surface area (Å²) in [5.74, 6) is 1.34. The van der Waals surface area contributed by atoms with Crippen LogP contribution in [0.4, 0.5) is 11.4 Å². The summed E-state index contributed by atoms with van der Waals surface area (Å²) in [7, 11) is 0. The Morgan fingerprint density at radius 2 is 1.95 bits per heavy atom. The molecule has 1 aromatic rings. The molecule has 0 bridgehead atoms. The number of nitrogens with zero attached hydrogens (tertiary/aromatic N) is 1. The lowest BCUT2D eigenvalue weighted by Gasteiger charge is -2.31. The van der Waals surface area contributed by atoms with Gasteiger partial charge in [-0.2, -0.15) is 0 Å². The van der Waals surface area contributed by atoms with Crippen molar-refractivity contribution >= 4 is 11.4 Å². The molecule has 0 aromatic heterocycles. The highest BCUT2D eigenvalue weighted by atomic mass is 16.6. The summed E-state index contributed by atoms with van der Waals surface area (Å²) in [5, 5.41) is 10.9. The van der Waals surface area contributed by atoms with Gasteiger partial charge in [0.05, 0.1) is 17.6 Å². The SMILES string of the molecule is CC1CC(C)CC(OCc2cccc([N+](=O)[O-])c2N)C1. The molecule has 0 saturated heterocycles. The molecule has 2 atom stereocenters. The zero-order valence-electron chi connectivity index (χ0n) is 12.0. The molecule has 1 saturated carbocycles. The van der Waals surface area contributed by atoms with Crippen molar-refractivity contribution in [2.75, 3.05) is 5.73 Å². The van der Waals surface area contributed by atoms with Crippen molar-refractivity contribution in [3.8, 4) is 0 Å². The molecule has 5 nitrogen and oxygen atoms in total. The Bertz CT molecular complexity index is 480. The number of nitro groups is 1. The number of benzene rings is 1. The summed E-state index contributed by atoms with van der Waals surface area (Å²) in [6, 6.07) is 4.86. The largest absolute Gasteiger partial charge is 0.393 e. The van der Waals surface area contributed by atoms with E-state index >= 15 is 0 Å². The van der Waals surface area contributed by atoms with Crippen molar-refractivity contribution in [1.82, 2.24) is 0 Å². The third-order valence-electron chi connectivity index (χ3n) is 3.98. The summed E-state index contributed by atoms with van der Waals surface area (Å²) >= 11 is 0. The predicted molar refractivity (Wildman–Crippen MR) is 78.3 cm³/mol. The smallest absolute Gasteiger partial charge is 0.292 e. The third-order valence-corrected chi connectivity index (χ3v) is 3.98. The molecule has 1 aliphatic rings. The Morgan fingerprint density at radius 1 is 1.30 bits per heavy atom. The van der Waals surface area contributed by atoms with Crippen LogP contribution in [-0.2, 0) is 11.3 Å². The van der Waals surface area contributed by atoms with Gasteiger partial charge in [0.15, 0.2) is 0 Å². The fourth-order valence-corrected chi connectivity index (χ4v) is 3.10. The van der Waals surface area contributed by atoms with E-state index in [9.17, 15) is 10.1 Å². The molecule has 110 valence electrons. The molecule has 2 N–H and O–H groups in total. The normalized spacial score (nSPS) is 26.4. The van der Waals surface area contributed by atoms with E-state index in [1.807, 2.05) is 0 Å². The van der Waals surface area contributed by atoms with Gasteiger partial charge >= 0.3 is 0 Å². The minimum Gasteiger partial charge on any atom is -0.393 e. The lowest BCUT2D eigenvalue weighted by Crippen LogP contribution is -2.26. The first-order chi connectivity index (χ1) is 9.47. The molecule has 5 heteroatoms. The molecule has 1 fully saturated rings. The van der Waals surface area contributed by atoms with Crippen molar-refractivity contribution in [3.63, 3.8) is 0 Å². The molecule has 20 heavy (non-hydrogen) atoms. The predicted octanol–water partition coefficient (Wildman–Crippen LogP) is 3.52. The molecular formula is C15H22N2O3. The minimum absolute atomic E-state index is 0.0449. The van der Waals surface area contributed by atoms with Gasteiger partial charge in [-0.15, -0.1) is 0 Å². The van der Waals surface area contributed by atoms with Crippen LogP contribution in [0.5, 0.6) is 0 Å². The fourth-order valence-electron chi connectivity index (χ4n) is 3.10. The van der Waals surface area contributed by atoms with Crippen molar-refractivity contribution in [2.45, 2.75) is 45.8 Å². The Morgan fingerprint density at radius 3 is 2.55 bits per heavy atom. The van der Waals surface area contributed by atoms with Crippen LogP contribution in [0.15, 0.2) is 18.2 Å². The summed E-state index contributed by atoms with van der Waals surface area (Å²) in [6.07, 6.45) is 3.59. The van der Waals surface area contributed by atoms with Crippen LogP contribution >= 0.6 is 0 Å². The van der Waals surface area contributed by atoms with Gasteiger partial charge in [0.25, 0.3) is 5.69 Å². The van der Waals surface area contributed by atoms with Crippen molar-refractivity contribution in [1.29, 1.82) is 0 Å². The van der Waals surface area contributed by atoms with E-state index in [2.05, 4.69) is 13.8 Å². The Balaban J connectivity index is 2.00. The van der Waals surface area contributed by atoms with Gasteiger partial charge in [-0.1, -0.05) is 26.0 Å². The number of ether oxygens (including phenoxy) is 1. The average Bonchev–Trinajstić information content (AvgIpc) is 2.36. The van der Waals surface area contributed by atoms with Crippen LogP contribution in [-0.4, -0.2) is 11.0 Å². The number of nitro benzene ring substituents is 1. The van der Waals surface area contributed by atoms with Gasteiger partial charge in [-0.05, 0) is 31.1 Å². The van der Waals surface area contributed by atoms with E-state index in [0.29, 0.717) is 24.0 Å². The first-order valence-corrected chi connectivity index (χ1v) is 7.10. The average molecular weight is 278 g/mol. The summed E-state index contributed by atoms with van der Waals surface area (Å²) in [5.41, 5.74) is 6.70. The highest BCUT2D eigenvalue weighted by Gasteiger charge is 2.25. The first kappa shape index (κ1) is 14.8. The van der Waals surface area contributed by atoms with E-state index < -0.39 is 4.92 Å². The van der Waals surface area contributed by atoms with Crippen LogP contribution in [0.1, 0.15) is 38.7 Å². The van der Waals surface area contributed by atoms with E-state index in [-0.39, 0.29) is 17.5 Å². The highest BCUT2D eigenvalue weighted by Crippen LogP contribution is 2.32. The zero-order valence-corrected chi connectivity index (χ0v) is 12.0. The molecule has 0 heterocycles. The fraction of sp³-hybridized carbons (Fsp3) is 0.600. The van der Waals surface area contributed by atoms with Crippen LogP contribution in [0.3, 0.4) is 0 Å². The second-order valence-corrected chi connectivity index (χ2v) is 5.96. The maximum Gasteiger partial charge on any atom is 0.292 e. The molecule has 0 aliphatic heterocycles. The van der Waals surface area contributed by atoms with Gasteiger partial charge < -0.3 is 10.5 Å². The number of nitrogens with two attached hydrogens (primary N) is 1. The number of rotatable bonds is 4. The van der Waals surface area contributed by atoms with Crippen LogP contribution in [0.2, 0.25) is 0 Å². The molecular weight excluding hydrogens is 256 g/mol. The number of anilines is 1. The standard InChI is InChI=1S/C15H22N2O3/c1-10-6-11(2)8-13(7-10)20-9-12-4-3-5-14(15(12)16)17(18)19/h3-5,10-11,13H,6-9,16H2,1-2H3. The van der Waals surface area contributed by atoms with Crippen molar-refractivity contribution in [3.05, 3.63) is 33.9 Å². The van der Waals surface area contributed by atoms with Gasteiger partial charge in [0.1, 0.15) is 5.69 Å². The Kier molecular flexibility index (Phi) is 4.60. The van der Waals surface area contributed by atoms with Crippen LogP contribution < -0.4 is 5.73 Å². The second kappa shape index (κ2) is 6.22. The van der Waals surface area contributed by atoms with Crippen molar-refractivity contribution < 1.29 is 9.66 Å². The topological polar surface area (TPSA) is 78.4 Å². The van der Waals surface area contributed by atoms with E-state index in [4.69, 9.17) is 10.5 Å².